The number of hydrogen-bond donors (Lipinski definition) is 1. The molecule has 2 heterocycles. The van der Waals surface area contributed by atoms with Gasteiger partial charge in [0, 0.05) is 11.3 Å². The zero-order chi connectivity index (χ0) is 27.4. The van der Waals surface area contributed by atoms with E-state index in [4.69, 9.17) is 24.7 Å². The van der Waals surface area contributed by atoms with Crippen molar-refractivity contribution in [1.82, 2.24) is 0 Å². The summed E-state index contributed by atoms with van der Waals surface area (Å²) in [5, 5.41) is 0. The zero-order valence-corrected chi connectivity index (χ0v) is 21.3. The maximum Gasteiger partial charge on any atom is 0.341 e. The molecule has 10 nitrogen and oxygen atoms in total. The molecule has 2 aromatic carbocycles. The topological polar surface area (TPSA) is 134 Å². The average Bonchev–Trinajstić information content (AvgIpc) is 3.11. The third-order valence-electron chi connectivity index (χ3n) is 6.27. The first-order chi connectivity index (χ1) is 18.3. The monoisotopic (exact) mass is 520 g/mol. The summed E-state index contributed by atoms with van der Waals surface area (Å²) in [5.41, 5.74) is 4.90. The van der Waals surface area contributed by atoms with Crippen LogP contribution in [0.3, 0.4) is 0 Å². The van der Waals surface area contributed by atoms with Gasteiger partial charge in [0.15, 0.2) is 0 Å². The Bertz CT molecular complexity index is 1310. The number of ether oxygens (including phenoxy) is 4. The predicted molar refractivity (Wildman–Crippen MR) is 135 cm³/mol. The molecule has 2 aliphatic heterocycles. The van der Waals surface area contributed by atoms with Gasteiger partial charge in [0.2, 0.25) is 11.8 Å². The first-order valence-electron chi connectivity index (χ1n) is 12.1. The highest BCUT2D eigenvalue weighted by molar-refractivity contribution is 6.23. The Labute approximate surface area is 219 Å². The van der Waals surface area contributed by atoms with E-state index in [-0.39, 0.29) is 48.2 Å². The summed E-state index contributed by atoms with van der Waals surface area (Å²) >= 11 is 0. The molecule has 2 aliphatic rings. The van der Waals surface area contributed by atoms with Gasteiger partial charge in [-0.15, -0.1) is 0 Å². The van der Waals surface area contributed by atoms with E-state index in [9.17, 15) is 19.2 Å². The van der Waals surface area contributed by atoms with Crippen molar-refractivity contribution in [2.45, 2.75) is 32.8 Å². The van der Waals surface area contributed by atoms with Crippen molar-refractivity contribution < 1.29 is 38.1 Å². The highest BCUT2D eigenvalue weighted by Gasteiger charge is 2.64. The van der Waals surface area contributed by atoms with Crippen molar-refractivity contribution in [1.29, 1.82) is 0 Å². The minimum Gasteiger partial charge on any atom is -0.462 e. The second kappa shape index (κ2) is 10.8. The fraction of sp³-hybridized carbons (Fsp3) is 0.286. The number of carbonyl (C=O) groups excluding carboxylic acids is 4. The van der Waals surface area contributed by atoms with Gasteiger partial charge in [-0.25, -0.2) is 9.59 Å². The number of carbonyl (C=O) groups is 4. The van der Waals surface area contributed by atoms with Gasteiger partial charge < -0.3 is 24.7 Å². The average molecular weight is 521 g/mol. The Balaban J connectivity index is 1.83. The number of fused-ring (bicyclic) bond motifs is 2. The molecule has 1 amide bonds. The molecule has 0 fully saturated rings. The molecule has 10 heteroatoms. The van der Waals surface area contributed by atoms with Crippen LogP contribution in [0.15, 0.2) is 77.4 Å². The zero-order valence-electron chi connectivity index (χ0n) is 21.3. The number of nitrogens with two attached hydrogens (primary N) is 1. The Kier molecular flexibility index (Phi) is 7.52. The van der Waals surface area contributed by atoms with Crippen molar-refractivity contribution in [3.05, 3.63) is 88.5 Å². The molecule has 1 unspecified atom stereocenters. The lowest BCUT2D eigenvalue weighted by Crippen LogP contribution is -2.51. The van der Waals surface area contributed by atoms with E-state index in [1.807, 2.05) is 18.2 Å². The fourth-order valence-electron chi connectivity index (χ4n) is 4.80. The van der Waals surface area contributed by atoms with Crippen molar-refractivity contribution in [2.24, 2.45) is 5.73 Å². The van der Waals surface area contributed by atoms with Crippen LogP contribution in [0.5, 0.6) is 0 Å². The maximum atomic E-state index is 14.4. The Morgan fingerprint density at radius 3 is 2.16 bits per heavy atom. The summed E-state index contributed by atoms with van der Waals surface area (Å²) < 4.78 is 21.5. The molecular weight excluding hydrogens is 492 g/mol. The second-order valence-electron chi connectivity index (χ2n) is 8.52. The van der Waals surface area contributed by atoms with Gasteiger partial charge in [0.1, 0.15) is 35.5 Å². The molecule has 2 aromatic rings. The van der Waals surface area contributed by atoms with E-state index in [0.717, 1.165) is 5.56 Å². The Hall–Kier alpha value is -4.60. The van der Waals surface area contributed by atoms with Gasteiger partial charge in [-0.05, 0) is 32.4 Å². The summed E-state index contributed by atoms with van der Waals surface area (Å²) in [4.78, 5) is 55.0. The van der Waals surface area contributed by atoms with Crippen molar-refractivity contribution in [3.63, 3.8) is 0 Å². The van der Waals surface area contributed by atoms with Gasteiger partial charge in [0.25, 0.3) is 0 Å². The summed E-state index contributed by atoms with van der Waals surface area (Å²) in [6.45, 7) is 4.18. The summed E-state index contributed by atoms with van der Waals surface area (Å²) in [6.07, 6.45) is 0. The molecule has 198 valence electrons. The number of esters is 3. The number of rotatable bonds is 8. The van der Waals surface area contributed by atoms with Crippen LogP contribution in [-0.4, -0.2) is 43.6 Å². The van der Waals surface area contributed by atoms with Crippen LogP contribution in [0.2, 0.25) is 0 Å². The number of hydrogen-bond acceptors (Lipinski definition) is 9. The van der Waals surface area contributed by atoms with Crippen molar-refractivity contribution >= 4 is 29.5 Å². The molecule has 0 saturated heterocycles. The van der Waals surface area contributed by atoms with Gasteiger partial charge in [-0.3, -0.25) is 14.5 Å². The Morgan fingerprint density at radius 1 is 0.895 bits per heavy atom. The highest BCUT2D eigenvalue weighted by Crippen LogP contribution is 2.54. The number of nitrogens with zero attached hydrogens (tertiary/aromatic N) is 1. The van der Waals surface area contributed by atoms with Gasteiger partial charge in [-0.1, -0.05) is 48.5 Å². The van der Waals surface area contributed by atoms with Crippen molar-refractivity contribution in [2.75, 3.05) is 24.7 Å². The summed E-state index contributed by atoms with van der Waals surface area (Å²) in [5.74, 6) is -3.63. The van der Waals surface area contributed by atoms with Crippen LogP contribution in [0.25, 0.3) is 0 Å². The first kappa shape index (κ1) is 26.5. The third kappa shape index (κ3) is 4.38. The maximum absolute atomic E-state index is 14.4. The quantitative estimate of drug-likeness (QED) is 0.412. The Morgan fingerprint density at radius 2 is 1.50 bits per heavy atom. The molecule has 0 aromatic heterocycles. The van der Waals surface area contributed by atoms with Crippen LogP contribution in [0.4, 0.5) is 5.69 Å². The van der Waals surface area contributed by atoms with Crippen LogP contribution in [-0.2, 0) is 50.1 Å². The molecule has 0 aliphatic carbocycles. The molecule has 0 saturated carbocycles. The van der Waals surface area contributed by atoms with Crippen LogP contribution < -0.4 is 10.6 Å². The molecule has 1 atom stereocenters. The van der Waals surface area contributed by atoms with Gasteiger partial charge >= 0.3 is 17.9 Å². The van der Waals surface area contributed by atoms with E-state index in [1.165, 1.54) is 11.8 Å². The molecule has 4 rings (SSSR count). The third-order valence-corrected chi connectivity index (χ3v) is 6.27. The number of amides is 1. The van der Waals surface area contributed by atoms with E-state index in [2.05, 4.69) is 0 Å². The molecule has 1 spiro atoms. The van der Waals surface area contributed by atoms with Gasteiger partial charge in [0.05, 0.1) is 13.2 Å². The molecular formula is C28H28N2O8. The molecule has 0 radical (unpaired) electrons. The smallest absolute Gasteiger partial charge is 0.341 e. The van der Waals surface area contributed by atoms with E-state index < -0.39 is 35.8 Å². The van der Waals surface area contributed by atoms with E-state index in [1.54, 1.807) is 50.2 Å². The lowest BCUT2D eigenvalue weighted by Gasteiger charge is -2.36. The fourth-order valence-corrected chi connectivity index (χ4v) is 4.80. The van der Waals surface area contributed by atoms with Crippen LogP contribution in [0.1, 0.15) is 31.9 Å². The summed E-state index contributed by atoms with van der Waals surface area (Å²) in [6, 6.07) is 15.6. The second-order valence-corrected chi connectivity index (χ2v) is 8.52. The highest BCUT2D eigenvalue weighted by atomic mass is 16.5. The van der Waals surface area contributed by atoms with E-state index >= 15 is 0 Å². The largest absolute Gasteiger partial charge is 0.462 e. The lowest BCUT2D eigenvalue weighted by atomic mass is 9.67. The van der Waals surface area contributed by atoms with Crippen molar-refractivity contribution in [3.8, 4) is 0 Å². The van der Waals surface area contributed by atoms with Crippen LogP contribution in [0, 0.1) is 0 Å². The molecule has 2 N–H and O–H groups in total. The lowest BCUT2D eigenvalue weighted by molar-refractivity contribution is -0.144. The van der Waals surface area contributed by atoms with Gasteiger partial charge in [-0.2, -0.15) is 0 Å². The standard InChI is InChI=1S/C28H28N2O8/c1-4-35-25(32)22-17(3)38-24(29)23(26(33)36-5-2)28(22)19-13-9-10-14-20(19)30(27(28)34)15-21(31)37-16-18-11-7-6-8-12-18/h6-14H,4-5,15-16,29H2,1-3H3. The number of allylic oxidation sites excluding steroid dienone is 1. The van der Waals surface area contributed by atoms with E-state index in [0.29, 0.717) is 5.69 Å². The minimum absolute atomic E-state index is 0.00495. The summed E-state index contributed by atoms with van der Waals surface area (Å²) in [7, 11) is 0. The first-order valence-corrected chi connectivity index (χ1v) is 12.1. The number of anilines is 1. The molecule has 0 bridgehead atoms. The number of para-hydroxylation sites is 1. The molecule has 38 heavy (non-hydrogen) atoms. The number of benzene rings is 2. The predicted octanol–water partition coefficient (Wildman–Crippen LogP) is 2.62. The minimum atomic E-state index is -2.05. The van der Waals surface area contributed by atoms with Crippen LogP contribution >= 0.6 is 0 Å². The normalized spacial score (nSPS) is 18.3. The SMILES string of the molecule is CCOC(=O)C1=C(C)OC(N)=C(C(=O)OCC)C12C(=O)N(CC(=O)OCc1ccccc1)c1ccccc12.